The molecular formula is C13H17ClN2O2. The van der Waals surface area contributed by atoms with E-state index in [-0.39, 0.29) is 5.69 Å². The molecule has 1 aromatic rings. The summed E-state index contributed by atoms with van der Waals surface area (Å²) in [5, 5.41) is 14.4. The number of nitrogens with zero attached hydrogens (tertiary/aromatic N) is 1. The standard InChI is InChI=1S/C13H17ClN2O2/c14-13-8-12(16(17)18)5-4-11(13)9-15-7-6-10-2-1-3-10/h4-5,8,10,15H,1-3,6-7,9H2. The van der Waals surface area contributed by atoms with E-state index in [1.807, 2.05) is 0 Å². The molecule has 1 saturated carbocycles. The molecule has 0 spiro atoms. The van der Waals surface area contributed by atoms with Crippen LogP contribution in [0.15, 0.2) is 18.2 Å². The van der Waals surface area contributed by atoms with Gasteiger partial charge < -0.3 is 5.32 Å². The first-order valence-corrected chi connectivity index (χ1v) is 6.68. The Morgan fingerprint density at radius 1 is 1.44 bits per heavy atom. The topological polar surface area (TPSA) is 55.2 Å². The molecule has 4 nitrogen and oxygen atoms in total. The van der Waals surface area contributed by atoms with Gasteiger partial charge in [-0.05, 0) is 30.5 Å². The summed E-state index contributed by atoms with van der Waals surface area (Å²) in [5.41, 5.74) is 0.953. The van der Waals surface area contributed by atoms with Crippen LogP contribution in [0.25, 0.3) is 0 Å². The molecule has 0 bridgehead atoms. The van der Waals surface area contributed by atoms with Crippen molar-refractivity contribution in [1.29, 1.82) is 0 Å². The second kappa shape index (κ2) is 6.16. The van der Waals surface area contributed by atoms with Gasteiger partial charge in [-0.2, -0.15) is 0 Å². The number of non-ortho nitro benzene ring substituents is 1. The fourth-order valence-corrected chi connectivity index (χ4v) is 2.35. The third-order valence-electron chi connectivity index (χ3n) is 3.52. The Balaban J connectivity index is 1.79. The summed E-state index contributed by atoms with van der Waals surface area (Å²) in [4.78, 5) is 10.1. The van der Waals surface area contributed by atoms with Crippen molar-refractivity contribution in [2.45, 2.75) is 32.2 Å². The highest BCUT2D eigenvalue weighted by molar-refractivity contribution is 6.31. The lowest BCUT2D eigenvalue weighted by molar-refractivity contribution is -0.384. The molecule has 1 N–H and O–H groups in total. The van der Waals surface area contributed by atoms with E-state index in [0.29, 0.717) is 11.6 Å². The number of hydrogen-bond donors (Lipinski definition) is 1. The molecule has 0 amide bonds. The van der Waals surface area contributed by atoms with Crippen LogP contribution in [0.5, 0.6) is 0 Å². The summed E-state index contributed by atoms with van der Waals surface area (Å²) in [7, 11) is 0. The van der Waals surface area contributed by atoms with Crippen molar-refractivity contribution in [3.63, 3.8) is 0 Å². The summed E-state index contributed by atoms with van der Waals surface area (Å²) in [6, 6.07) is 4.62. The molecular weight excluding hydrogens is 252 g/mol. The van der Waals surface area contributed by atoms with Crippen molar-refractivity contribution in [3.05, 3.63) is 38.9 Å². The summed E-state index contributed by atoms with van der Waals surface area (Å²) in [5.74, 6) is 0.893. The van der Waals surface area contributed by atoms with E-state index in [9.17, 15) is 10.1 Å². The highest BCUT2D eigenvalue weighted by Crippen LogP contribution is 2.28. The van der Waals surface area contributed by atoms with Gasteiger partial charge in [0.25, 0.3) is 5.69 Å². The fourth-order valence-electron chi connectivity index (χ4n) is 2.10. The van der Waals surface area contributed by atoms with E-state index in [4.69, 9.17) is 11.6 Å². The largest absolute Gasteiger partial charge is 0.313 e. The molecule has 18 heavy (non-hydrogen) atoms. The highest BCUT2D eigenvalue weighted by Gasteiger charge is 2.16. The van der Waals surface area contributed by atoms with Crippen LogP contribution in [0.4, 0.5) is 5.69 Å². The van der Waals surface area contributed by atoms with Crippen molar-refractivity contribution in [3.8, 4) is 0 Å². The third kappa shape index (κ3) is 3.43. The average Bonchev–Trinajstić information content (AvgIpc) is 2.28. The molecule has 2 rings (SSSR count). The minimum absolute atomic E-state index is 0.0400. The Bertz CT molecular complexity index is 433. The Morgan fingerprint density at radius 3 is 2.78 bits per heavy atom. The maximum Gasteiger partial charge on any atom is 0.270 e. The van der Waals surface area contributed by atoms with Gasteiger partial charge in [0.15, 0.2) is 0 Å². The molecule has 0 radical (unpaired) electrons. The number of nitro groups is 1. The lowest BCUT2D eigenvalue weighted by Gasteiger charge is -2.25. The van der Waals surface area contributed by atoms with Crippen LogP contribution in [-0.4, -0.2) is 11.5 Å². The molecule has 0 unspecified atom stereocenters. The van der Waals surface area contributed by atoms with Gasteiger partial charge in [-0.3, -0.25) is 10.1 Å². The van der Waals surface area contributed by atoms with Crippen molar-refractivity contribution in [2.24, 2.45) is 5.92 Å². The Hall–Kier alpha value is -1.13. The van der Waals surface area contributed by atoms with Crippen LogP contribution in [-0.2, 0) is 6.54 Å². The van der Waals surface area contributed by atoms with Crippen molar-refractivity contribution in [2.75, 3.05) is 6.54 Å². The van der Waals surface area contributed by atoms with Crippen LogP contribution in [0, 0.1) is 16.0 Å². The van der Waals surface area contributed by atoms with E-state index in [1.165, 1.54) is 37.8 Å². The molecule has 1 aromatic carbocycles. The highest BCUT2D eigenvalue weighted by atomic mass is 35.5. The first kappa shape index (κ1) is 13.3. The van der Waals surface area contributed by atoms with Gasteiger partial charge in [-0.25, -0.2) is 0 Å². The number of hydrogen-bond acceptors (Lipinski definition) is 3. The van der Waals surface area contributed by atoms with Crippen LogP contribution in [0.1, 0.15) is 31.2 Å². The second-order valence-corrected chi connectivity index (χ2v) is 5.20. The fraction of sp³-hybridized carbons (Fsp3) is 0.538. The summed E-state index contributed by atoms with van der Waals surface area (Å²) in [6.07, 6.45) is 5.31. The smallest absolute Gasteiger partial charge is 0.270 e. The van der Waals surface area contributed by atoms with E-state index >= 15 is 0 Å². The number of rotatable bonds is 6. The maximum atomic E-state index is 10.6. The van der Waals surface area contributed by atoms with Crippen LogP contribution in [0.2, 0.25) is 5.02 Å². The second-order valence-electron chi connectivity index (χ2n) is 4.80. The zero-order valence-corrected chi connectivity index (χ0v) is 10.9. The minimum atomic E-state index is -0.431. The maximum absolute atomic E-state index is 10.6. The van der Waals surface area contributed by atoms with Crippen LogP contribution < -0.4 is 5.32 Å². The van der Waals surface area contributed by atoms with Crippen LogP contribution >= 0.6 is 11.6 Å². The Morgan fingerprint density at radius 2 is 2.22 bits per heavy atom. The predicted octanol–water partition coefficient (Wildman–Crippen LogP) is 3.53. The molecule has 0 aromatic heterocycles. The molecule has 1 aliphatic rings. The Kier molecular flexibility index (Phi) is 4.55. The summed E-state index contributed by atoms with van der Waals surface area (Å²) < 4.78 is 0. The Labute approximate surface area is 111 Å². The molecule has 0 aliphatic heterocycles. The van der Waals surface area contributed by atoms with Gasteiger partial charge in [-0.1, -0.05) is 30.9 Å². The lowest BCUT2D eigenvalue weighted by atomic mass is 9.83. The molecule has 1 fully saturated rings. The van der Waals surface area contributed by atoms with Gasteiger partial charge in [0.05, 0.1) is 9.95 Å². The molecule has 0 heterocycles. The van der Waals surface area contributed by atoms with Gasteiger partial charge in [-0.15, -0.1) is 0 Å². The molecule has 0 atom stereocenters. The average molecular weight is 269 g/mol. The number of nitro benzene ring substituents is 1. The van der Waals surface area contributed by atoms with Gasteiger partial charge in [0.1, 0.15) is 0 Å². The van der Waals surface area contributed by atoms with E-state index in [0.717, 1.165) is 18.0 Å². The van der Waals surface area contributed by atoms with E-state index in [2.05, 4.69) is 5.32 Å². The van der Waals surface area contributed by atoms with Gasteiger partial charge >= 0.3 is 0 Å². The first-order chi connectivity index (χ1) is 8.66. The monoisotopic (exact) mass is 268 g/mol. The van der Waals surface area contributed by atoms with Gasteiger partial charge in [0, 0.05) is 18.7 Å². The molecule has 98 valence electrons. The molecule has 0 saturated heterocycles. The first-order valence-electron chi connectivity index (χ1n) is 6.30. The summed E-state index contributed by atoms with van der Waals surface area (Å²) in [6.45, 7) is 1.65. The number of halogens is 1. The number of benzene rings is 1. The third-order valence-corrected chi connectivity index (χ3v) is 3.87. The molecule has 1 aliphatic carbocycles. The quantitative estimate of drug-likeness (QED) is 0.488. The zero-order valence-electron chi connectivity index (χ0n) is 10.2. The van der Waals surface area contributed by atoms with Gasteiger partial charge in [0.2, 0.25) is 0 Å². The van der Waals surface area contributed by atoms with E-state index < -0.39 is 4.92 Å². The zero-order chi connectivity index (χ0) is 13.0. The van der Waals surface area contributed by atoms with Crippen molar-refractivity contribution < 1.29 is 4.92 Å². The number of nitrogens with one attached hydrogen (secondary N) is 1. The van der Waals surface area contributed by atoms with Crippen LogP contribution in [0.3, 0.4) is 0 Å². The van der Waals surface area contributed by atoms with Crippen molar-refractivity contribution in [1.82, 2.24) is 5.32 Å². The lowest BCUT2D eigenvalue weighted by Crippen LogP contribution is -2.21. The minimum Gasteiger partial charge on any atom is -0.313 e. The predicted molar refractivity (Wildman–Crippen MR) is 71.8 cm³/mol. The summed E-state index contributed by atoms with van der Waals surface area (Å²) >= 11 is 6.01. The normalized spacial score (nSPS) is 15.4. The van der Waals surface area contributed by atoms with E-state index in [1.54, 1.807) is 6.07 Å². The molecule has 5 heteroatoms. The van der Waals surface area contributed by atoms with Crippen molar-refractivity contribution >= 4 is 17.3 Å². The SMILES string of the molecule is O=[N+]([O-])c1ccc(CNCCC2CCC2)c(Cl)c1.